The van der Waals surface area contributed by atoms with Gasteiger partial charge >= 0.3 is 0 Å². The Labute approximate surface area is 108 Å². The molecule has 1 atom stereocenters. The van der Waals surface area contributed by atoms with E-state index in [1.165, 1.54) is 6.92 Å². The highest BCUT2D eigenvalue weighted by molar-refractivity contribution is 7.92. The quantitative estimate of drug-likeness (QED) is 0.884. The lowest BCUT2D eigenvalue weighted by molar-refractivity contribution is -0.118. The third-order valence-corrected chi connectivity index (χ3v) is 4.11. The third-order valence-electron chi connectivity index (χ3n) is 2.87. The minimum Gasteiger partial charge on any atom is -0.368 e. The molecule has 1 amide bonds. The van der Waals surface area contributed by atoms with Crippen LogP contribution in [0.3, 0.4) is 0 Å². The lowest BCUT2D eigenvalue weighted by Crippen LogP contribution is -2.45. The molecule has 2 N–H and O–H groups in total. The zero-order chi connectivity index (χ0) is 14.1. The van der Waals surface area contributed by atoms with Gasteiger partial charge < -0.3 is 5.73 Å². The standard InChI is InChI=1S/C12H18N2O3S/c1-8-5-6-11(7-9(8)2)14(18(4,16)17)10(3)12(13)15/h5-7,10H,1-4H3,(H2,13,15). The predicted molar refractivity (Wildman–Crippen MR) is 71.9 cm³/mol. The van der Waals surface area contributed by atoms with Crippen LogP contribution in [-0.4, -0.2) is 26.6 Å². The summed E-state index contributed by atoms with van der Waals surface area (Å²) in [4.78, 5) is 11.2. The Morgan fingerprint density at radius 2 is 1.83 bits per heavy atom. The van der Waals surface area contributed by atoms with Gasteiger partial charge in [0.15, 0.2) is 0 Å². The molecule has 1 aromatic rings. The number of aryl methyl sites for hydroxylation is 2. The zero-order valence-corrected chi connectivity index (χ0v) is 11.8. The summed E-state index contributed by atoms with van der Waals surface area (Å²) < 4.78 is 24.6. The van der Waals surface area contributed by atoms with Crippen molar-refractivity contribution in [3.05, 3.63) is 29.3 Å². The first kappa shape index (κ1) is 14.5. The Kier molecular flexibility index (Phi) is 4.01. The van der Waals surface area contributed by atoms with E-state index in [2.05, 4.69) is 0 Å². The van der Waals surface area contributed by atoms with Gasteiger partial charge in [0.25, 0.3) is 0 Å². The van der Waals surface area contributed by atoms with Gasteiger partial charge in [-0.1, -0.05) is 6.07 Å². The number of nitrogens with zero attached hydrogens (tertiary/aromatic N) is 1. The van der Waals surface area contributed by atoms with E-state index in [4.69, 9.17) is 5.73 Å². The van der Waals surface area contributed by atoms with Gasteiger partial charge in [-0.2, -0.15) is 0 Å². The number of carbonyl (C=O) groups excluding carboxylic acids is 1. The summed E-state index contributed by atoms with van der Waals surface area (Å²) in [6, 6.07) is 4.30. The van der Waals surface area contributed by atoms with Crippen molar-refractivity contribution in [2.24, 2.45) is 5.73 Å². The summed E-state index contributed by atoms with van der Waals surface area (Å²) in [6.45, 7) is 5.29. The minimum atomic E-state index is -3.56. The summed E-state index contributed by atoms with van der Waals surface area (Å²) in [7, 11) is -3.56. The van der Waals surface area contributed by atoms with Crippen molar-refractivity contribution in [2.45, 2.75) is 26.8 Å². The van der Waals surface area contributed by atoms with Gasteiger partial charge in [0.2, 0.25) is 15.9 Å². The van der Waals surface area contributed by atoms with Crippen molar-refractivity contribution in [3.63, 3.8) is 0 Å². The number of benzene rings is 1. The summed E-state index contributed by atoms with van der Waals surface area (Å²) in [5.74, 6) is -0.682. The molecule has 1 unspecified atom stereocenters. The van der Waals surface area contributed by atoms with Gasteiger partial charge in [0, 0.05) is 0 Å². The molecule has 5 nitrogen and oxygen atoms in total. The molecule has 1 aromatic carbocycles. The van der Waals surface area contributed by atoms with Crippen LogP contribution in [0, 0.1) is 13.8 Å². The maximum Gasteiger partial charge on any atom is 0.241 e. The van der Waals surface area contributed by atoms with Gasteiger partial charge in [0.1, 0.15) is 6.04 Å². The number of hydrogen-bond acceptors (Lipinski definition) is 3. The number of primary amides is 1. The van der Waals surface area contributed by atoms with Gasteiger partial charge in [0.05, 0.1) is 11.9 Å². The first-order chi connectivity index (χ1) is 8.14. The molecule has 0 saturated carbocycles. The topological polar surface area (TPSA) is 80.5 Å². The molecule has 6 heteroatoms. The molecular formula is C12H18N2O3S. The predicted octanol–water partition coefficient (Wildman–Crippen LogP) is 0.943. The summed E-state index contributed by atoms with van der Waals surface area (Å²) in [5.41, 5.74) is 7.66. The Morgan fingerprint density at radius 3 is 2.22 bits per heavy atom. The minimum absolute atomic E-state index is 0.451. The molecular weight excluding hydrogens is 252 g/mol. The summed E-state index contributed by atoms with van der Waals surface area (Å²) >= 11 is 0. The maximum atomic E-state index is 11.8. The summed E-state index contributed by atoms with van der Waals surface area (Å²) in [5, 5.41) is 0. The van der Waals surface area contributed by atoms with Crippen LogP contribution >= 0.6 is 0 Å². The Balaban J connectivity index is 3.36. The maximum absolute atomic E-state index is 11.8. The average Bonchev–Trinajstić information content (AvgIpc) is 2.21. The molecule has 0 bridgehead atoms. The van der Waals surface area contributed by atoms with Crippen molar-refractivity contribution in [3.8, 4) is 0 Å². The Morgan fingerprint density at radius 1 is 1.28 bits per heavy atom. The number of carbonyl (C=O) groups is 1. The molecule has 0 saturated heterocycles. The van der Waals surface area contributed by atoms with Crippen LogP contribution in [0.1, 0.15) is 18.1 Å². The van der Waals surface area contributed by atoms with Crippen molar-refractivity contribution in [2.75, 3.05) is 10.6 Å². The molecule has 1 rings (SSSR count). The van der Waals surface area contributed by atoms with Crippen LogP contribution in [0.15, 0.2) is 18.2 Å². The summed E-state index contributed by atoms with van der Waals surface area (Å²) in [6.07, 6.45) is 1.06. The smallest absolute Gasteiger partial charge is 0.241 e. The van der Waals surface area contributed by atoms with Gasteiger partial charge in [-0.25, -0.2) is 8.42 Å². The first-order valence-corrected chi connectivity index (χ1v) is 7.35. The first-order valence-electron chi connectivity index (χ1n) is 5.50. The molecule has 0 aliphatic heterocycles. The third kappa shape index (κ3) is 3.01. The highest BCUT2D eigenvalue weighted by Gasteiger charge is 2.27. The van der Waals surface area contributed by atoms with E-state index in [1.54, 1.807) is 12.1 Å². The zero-order valence-electron chi connectivity index (χ0n) is 11.0. The van der Waals surface area contributed by atoms with Gasteiger partial charge in [-0.3, -0.25) is 9.10 Å². The van der Waals surface area contributed by atoms with E-state index in [1.807, 2.05) is 19.9 Å². The Bertz CT molecular complexity index is 567. The van der Waals surface area contributed by atoms with Crippen molar-refractivity contribution in [1.82, 2.24) is 0 Å². The number of rotatable bonds is 4. The van der Waals surface area contributed by atoms with Crippen LogP contribution in [0.4, 0.5) is 5.69 Å². The highest BCUT2D eigenvalue weighted by atomic mass is 32.2. The van der Waals surface area contributed by atoms with Crippen molar-refractivity contribution in [1.29, 1.82) is 0 Å². The van der Waals surface area contributed by atoms with Gasteiger partial charge in [-0.15, -0.1) is 0 Å². The van der Waals surface area contributed by atoms with Crippen LogP contribution < -0.4 is 10.0 Å². The van der Waals surface area contributed by atoms with Crippen LogP contribution in [0.25, 0.3) is 0 Å². The normalized spacial score (nSPS) is 13.1. The fraction of sp³-hybridized carbons (Fsp3) is 0.417. The molecule has 0 radical (unpaired) electrons. The highest BCUT2D eigenvalue weighted by Crippen LogP contribution is 2.23. The fourth-order valence-corrected chi connectivity index (χ4v) is 2.86. The number of anilines is 1. The number of amides is 1. The average molecular weight is 270 g/mol. The fourth-order valence-electron chi connectivity index (χ4n) is 1.68. The molecule has 0 aliphatic rings. The second-order valence-corrected chi connectivity index (χ2v) is 6.27. The van der Waals surface area contributed by atoms with Crippen molar-refractivity contribution >= 4 is 21.6 Å². The SMILES string of the molecule is Cc1ccc(N(C(C)C(N)=O)S(C)(=O)=O)cc1C. The van der Waals surface area contributed by atoms with E-state index in [-0.39, 0.29) is 0 Å². The van der Waals surface area contributed by atoms with E-state index in [0.717, 1.165) is 21.7 Å². The number of hydrogen-bond donors (Lipinski definition) is 1. The monoisotopic (exact) mass is 270 g/mol. The van der Waals surface area contributed by atoms with Crippen LogP contribution in [-0.2, 0) is 14.8 Å². The molecule has 0 heterocycles. The lowest BCUT2D eigenvalue weighted by Gasteiger charge is -2.27. The number of nitrogens with two attached hydrogens (primary N) is 1. The van der Waals surface area contributed by atoms with E-state index < -0.39 is 22.0 Å². The van der Waals surface area contributed by atoms with Crippen LogP contribution in [0.2, 0.25) is 0 Å². The lowest BCUT2D eigenvalue weighted by atomic mass is 10.1. The van der Waals surface area contributed by atoms with Crippen molar-refractivity contribution < 1.29 is 13.2 Å². The van der Waals surface area contributed by atoms with Gasteiger partial charge in [-0.05, 0) is 44.0 Å². The largest absolute Gasteiger partial charge is 0.368 e. The second kappa shape index (κ2) is 4.97. The van der Waals surface area contributed by atoms with E-state index in [0.29, 0.717) is 5.69 Å². The van der Waals surface area contributed by atoms with Crippen LogP contribution in [0.5, 0.6) is 0 Å². The molecule has 18 heavy (non-hydrogen) atoms. The molecule has 100 valence electrons. The molecule has 0 spiro atoms. The molecule has 0 aliphatic carbocycles. The second-order valence-electron chi connectivity index (χ2n) is 4.41. The molecule has 0 aromatic heterocycles. The van der Waals surface area contributed by atoms with E-state index in [9.17, 15) is 13.2 Å². The number of sulfonamides is 1. The molecule has 0 fully saturated rings. The Hall–Kier alpha value is -1.56. The van der Waals surface area contributed by atoms with E-state index >= 15 is 0 Å².